The second-order valence-corrected chi connectivity index (χ2v) is 8.40. The first-order valence-corrected chi connectivity index (χ1v) is 10.3. The molecule has 1 fully saturated rings. The number of imide groups is 1. The van der Waals surface area contributed by atoms with Crippen molar-refractivity contribution in [3.63, 3.8) is 0 Å². The van der Waals surface area contributed by atoms with E-state index in [0.717, 1.165) is 24.1 Å². The van der Waals surface area contributed by atoms with Crippen molar-refractivity contribution in [1.82, 2.24) is 9.88 Å². The number of thioether (sulfide) groups is 1. The van der Waals surface area contributed by atoms with Gasteiger partial charge in [0.1, 0.15) is 11.1 Å². The summed E-state index contributed by atoms with van der Waals surface area (Å²) in [7, 11) is 0. The van der Waals surface area contributed by atoms with Gasteiger partial charge >= 0.3 is 0 Å². The van der Waals surface area contributed by atoms with Crippen molar-refractivity contribution in [2.24, 2.45) is 0 Å². The van der Waals surface area contributed by atoms with Gasteiger partial charge in [0.25, 0.3) is 5.91 Å². The van der Waals surface area contributed by atoms with E-state index in [-0.39, 0.29) is 11.8 Å². The lowest BCUT2D eigenvalue weighted by Crippen LogP contribution is -2.41. The molecule has 0 N–H and O–H groups in total. The third kappa shape index (κ3) is 4.37. The summed E-state index contributed by atoms with van der Waals surface area (Å²) in [4.78, 5) is 31.8. The normalized spacial score (nSPS) is 17.1. The maximum Gasteiger partial charge on any atom is 0.260 e. The SMILES string of the molecule is Cc1cc(C)c(C#N)c(SC2CCCCN(C(=O)c3ccc(Cl)cc3)C2=O)n1. The number of aryl methyl sites for hydroxylation is 2. The number of pyridine rings is 1. The summed E-state index contributed by atoms with van der Waals surface area (Å²) in [5.41, 5.74) is 2.57. The maximum absolute atomic E-state index is 13.1. The van der Waals surface area contributed by atoms with Gasteiger partial charge < -0.3 is 0 Å². The molecule has 0 aliphatic carbocycles. The molecule has 2 amide bonds. The van der Waals surface area contributed by atoms with Crippen LogP contribution in [0, 0.1) is 25.2 Å². The fourth-order valence-corrected chi connectivity index (χ4v) is 4.65. The Morgan fingerprint density at radius 2 is 2.00 bits per heavy atom. The third-order valence-corrected chi connectivity index (χ3v) is 6.15. The first-order chi connectivity index (χ1) is 13.4. The molecule has 0 spiro atoms. The van der Waals surface area contributed by atoms with Gasteiger partial charge in [-0.25, -0.2) is 4.98 Å². The van der Waals surface area contributed by atoms with Crippen molar-refractivity contribution in [3.05, 3.63) is 57.7 Å². The van der Waals surface area contributed by atoms with Gasteiger partial charge in [-0.1, -0.05) is 29.8 Å². The van der Waals surface area contributed by atoms with Crippen molar-refractivity contribution in [2.75, 3.05) is 6.54 Å². The van der Waals surface area contributed by atoms with E-state index < -0.39 is 5.25 Å². The Balaban J connectivity index is 1.87. The molecule has 28 heavy (non-hydrogen) atoms. The highest BCUT2D eigenvalue weighted by molar-refractivity contribution is 8.00. The van der Waals surface area contributed by atoms with Crippen molar-refractivity contribution in [1.29, 1.82) is 5.26 Å². The van der Waals surface area contributed by atoms with Crippen molar-refractivity contribution < 1.29 is 9.59 Å². The third-order valence-electron chi connectivity index (χ3n) is 4.65. The molecule has 1 aliphatic rings. The van der Waals surface area contributed by atoms with E-state index in [0.29, 0.717) is 34.1 Å². The predicted octanol–water partition coefficient (Wildman–Crippen LogP) is 4.54. The zero-order valence-corrected chi connectivity index (χ0v) is 17.3. The van der Waals surface area contributed by atoms with Gasteiger partial charge in [0.15, 0.2) is 0 Å². The highest BCUT2D eigenvalue weighted by Gasteiger charge is 2.33. The van der Waals surface area contributed by atoms with E-state index >= 15 is 0 Å². The average molecular weight is 414 g/mol. The minimum absolute atomic E-state index is 0.229. The number of likely N-dealkylation sites (tertiary alicyclic amines) is 1. The van der Waals surface area contributed by atoms with Crippen LogP contribution in [0.2, 0.25) is 5.02 Å². The molecule has 2 heterocycles. The standard InChI is InChI=1S/C21H20ClN3O2S/c1-13-11-14(2)24-19(17(13)12-23)28-18-5-3-4-10-25(21(18)27)20(26)15-6-8-16(22)9-7-15/h6-9,11,18H,3-5,10H2,1-2H3. The first kappa shape index (κ1) is 20.4. The van der Waals surface area contributed by atoms with Gasteiger partial charge in [0, 0.05) is 22.8 Å². The van der Waals surface area contributed by atoms with Crippen LogP contribution in [0.3, 0.4) is 0 Å². The Bertz CT molecular complexity index is 953. The molecule has 0 radical (unpaired) electrons. The van der Waals surface area contributed by atoms with Crippen LogP contribution in [0.4, 0.5) is 0 Å². The van der Waals surface area contributed by atoms with Crippen LogP contribution in [0.1, 0.15) is 46.4 Å². The number of carbonyl (C=O) groups excluding carboxylic acids is 2. The van der Waals surface area contributed by atoms with Crippen molar-refractivity contribution in [2.45, 2.75) is 43.4 Å². The topological polar surface area (TPSA) is 74.1 Å². The first-order valence-electron chi connectivity index (χ1n) is 9.07. The maximum atomic E-state index is 13.1. The monoisotopic (exact) mass is 413 g/mol. The molecule has 144 valence electrons. The number of amides is 2. The zero-order chi connectivity index (χ0) is 20.3. The lowest BCUT2D eigenvalue weighted by atomic mass is 10.1. The number of benzene rings is 1. The van der Waals surface area contributed by atoms with Crippen molar-refractivity contribution >= 4 is 35.2 Å². The van der Waals surface area contributed by atoms with Gasteiger partial charge in [-0.15, -0.1) is 0 Å². The average Bonchev–Trinajstić information content (AvgIpc) is 2.83. The molecule has 3 rings (SSSR count). The Morgan fingerprint density at radius 3 is 2.68 bits per heavy atom. The molecule has 1 aromatic carbocycles. The lowest BCUT2D eigenvalue weighted by molar-refractivity contribution is -0.127. The van der Waals surface area contributed by atoms with Crippen LogP contribution in [0.25, 0.3) is 0 Å². The summed E-state index contributed by atoms with van der Waals surface area (Å²) in [6, 6.07) is 10.6. The number of nitriles is 1. The van der Waals surface area contributed by atoms with Crippen LogP contribution in [-0.4, -0.2) is 33.5 Å². The molecule has 7 heteroatoms. The molecule has 2 aromatic rings. The molecule has 1 atom stereocenters. The quantitative estimate of drug-likeness (QED) is 0.690. The Labute approximate surface area is 173 Å². The predicted molar refractivity (Wildman–Crippen MR) is 109 cm³/mol. The van der Waals surface area contributed by atoms with Crippen LogP contribution in [-0.2, 0) is 4.79 Å². The largest absolute Gasteiger partial charge is 0.278 e. The van der Waals surface area contributed by atoms with E-state index in [4.69, 9.17) is 11.6 Å². The van der Waals surface area contributed by atoms with Gasteiger partial charge in [-0.2, -0.15) is 5.26 Å². The summed E-state index contributed by atoms with van der Waals surface area (Å²) in [5, 5.41) is 10.1. The molecular weight excluding hydrogens is 394 g/mol. The number of rotatable bonds is 3. The fraction of sp³-hybridized carbons (Fsp3) is 0.333. The van der Waals surface area contributed by atoms with Gasteiger partial charge in [-0.3, -0.25) is 14.5 Å². The molecular formula is C21H20ClN3O2S. The molecule has 0 saturated carbocycles. The Kier molecular flexibility index (Phi) is 6.38. The Morgan fingerprint density at radius 1 is 1.29 bits per heavy atom. The molecule has 5 nitrogen and oxygen atoms in total. The molecule has 1 saturated heterocycles. The van der Waals surface area contributed by atoms with Crippen LogP contribution >= 0.6 is 23.4 Å². The number of carbonyl (C=O) groups is 2. The van der Waals surface area contributed by atoms with E-state index in [2.05, 4.69) is 11.1 Å². The number of hydrogen-bond donors (Lipinski definition) is 0. The van der Waals surface area contributed by atoms with Gasteiger partial charge in [0.05, 0.1) is 10.8 Å². The van der Waals surface area contributed by atoms with Gasteiger partial charge in [-0.05, 0) is 62.6 Å². The van der Waals surface area contributed by atoms with E-state index in [1.807, 2.05) is 19.9 Å². The molecule has 1 unspecified atom stereocenters. The minimum atomic E-state index is -0.445. The van der Waals surface area contributed by atoms with Crippen LogP contribution in [0.5, 0.6) is 0 Å². The summed E-state index contributed by atoms with van der Waals surface area (Å²) >= 11 is 7.18. The highest BCUT2D eigenvalue weighted by Crippen LogP contribution is 2.32. The number of aromatic nitrogens is 1. The minimum Gasteiger partial charge on any atom is -0.278 e. The summed E-state index contributed by atoms with van der Waals surface area (Å²) in [5.74, 6) is -0.546. The van der Waals surface area contributed by atoms with Gasteiger partial charge in [0.2, 0.25) is 5.91 Å². The second-order valence-electron chi connectivity index (χ2n) is 6.78. The molecule has 1 aromatic heterocycles. The second kappa shape index (κ2) is 8.76. The number of nitrogens with zero attached hydrogens (tertiary/aromatic N) is 3. The number of hydrogen-bond acceptors (Lipinski definition) is 5. The summed E-state index contributed by atoms with van der Waals surface area (Å²) in [6.45, 7) is 4.12. The highest BCUT2D eigenvalue weighted by atomic mass is 35.5. The van der Waals surface area contributed by atoms with E-state index in [1.54, 1.807) is 24.3 Å². The van der Waals surface area contributed by atoms with Crippen molar-refractivity contribution in [3.8, 4) is 6.07 Å². The molecule has 1 aliphatic heterocycles. The fourth-order valence-electron chi connectivity index (χ4n) is 3.22. The molecule has 0 bridgehead atoms. The lowest BCUT2D eigenvalue weighted by Gasteiger charge is -2.22. The Hall–Kier alpha value is -2.36. The smallest absolute Gasteiger partial charge is 0.260 e. The van der Waals surface area contributed by atoms with Crippen LogP contribution in [0.15, 0.2) is 35.4 Å². The van der Waals surface area contributed by atoms with E-state index in [1.165, 1.54) is 16.7 Å². The zero-order valence-electron chi connectivity index (χ0n) is 15.7. The number of halogens is 1. The summed E-state index contributed by atoms with van der Waals surface area (Å²) < 4.78 is 0. The summed E-state index contributed by atoms with van der Waals surface area (Å²) in [6.07, 6.45) is 2.24. The van der Waals surface area contributed by atoms with Crippen LogP contribution < -0.4 is 0 Å². The van der Waals surface area contributed by atoms with E-state index in [9.17, 15) is 14.9 Å².